The number of benzene rings is 2. The molecule has 27 heavy (non-hydrogen) atoms. The van der Waals surface area contributed by atoms with Crippen molar-refractivity contribution in [3.05, 3.63) is 76.0 Å². The second kappa shape index (κ2) is 8.37. The molecule has 0 atom stereocenters. The summed E-state index contributed by atoms with van der Waals surface area (Å²) in [4.78, 5) is 13.0. The molecule has 0 fully saturated rings. The lowest BCUT2D eigenvalue weighted by molar-refractivity contribution is 0.0951. The third kappa shape index (κ3) is 4.86. The van der Waals surface area contributed by atoms with Crippen LogP contribution in [0.25, 0.3) is 0 Å². The lowest BCUT2D eigenvalue weighted by Gasteiger charge is -2.09. The van der Waals surface area contributed by atoms with Crippen LogP contribution in [0, 0.1) is 5.41 Å². The van der Waals surface area contributed by atoms with Crippen LogP contribution in [-0.4, -0.2) is 28.5 Å². The van der Waals surface area contributed by atoms with Gasteiger partial charge in [0.05, 0.1) is 10.4 Å². The quantitative estimate of drug-likeness (QED) is 0.256. The number of amidine groups is 1. The Labute approximate surface area is 160 Å². The van der Waals surface area contributed by atoms with E-state index < -0.39 is 5.91 Å². The van der Waals surface area contributed by atoms with Crippen molar-refractivity contribution in [2.75, 3.05) is 11.9 Å². The highest BCUT2D eigenvalue weighted by Gasteiger charge is 2.11. The summed E-state index contributed by atoms with van der Waals surface area (Å²) >= 11 is 1.51. The maximum Gasteiger partial charge on any atom is 0.255 e. The molecule has 1 heterocycles. The van der Waals surface area contributed by atoms with E-state index in [1.807, 2.05) is 41.8 Å². The van der Waals surface area contributed by atoms with E-state index >= 15 is 0 Å². The van der Waals surface area contributed by atoms with Crippen molar-refractivity contribution >= 4 is 28.8 Å². The zero-order valence-electron chi connectivity index (χ0n) is 14.4. The standard InChI is InChI=1S/C20H19N3O3S/c21-19(18-2-1-11-27-18)23-14-5-3-13(4-6-14)9-10-22-20(26)16-12-15(24)7-8-17(16)25/h1-8,11-12,24-25H,9-10H2,(H2,21,23)(H,22,26). The Morgan fingerprint density at radius 3 is 2.56 bits per heavy atom. The van der Waals surface area contributed by atoms with Gasteiger partial charge >= 0.3 is 0 Å². The summed E-state index contributed by atoms with van der Waals surface area (Å²) in [5.74, 6) is -0.329. The van der Waals surface area contributed by atoms with Gasteiger partial charge in [0.15, 0.2) is 0 Å². The summed E-state index contributed by atoms with van der Waals surface area (Å²) in [6.07, 6.45) is 0.619. The smallest absolute Gasteiger partial charge is 0.255 e. The fourth-order valence-electron chi connectivity index (χ4n) is 2.50. The Morgan fingerprint density at radius 2 is 1.85 bits per heavy atom. The summed E-state index contributed by atoms with van der Waals surface area (Å²) < 4.78 is 0. The van der Waals surface area contributed by atoms with Gasteiger partial charge < -0.3 is 20.8 Å². The first kappa shape index (κ1) is 18.5. The summed E-state index contributed by atoms with van der Waals surface area (Å²) in [5, 5.41) is 34.9. The zero-order valence-corrected chi connectivity index (χ0v) is 15.2. The number of nitrogens with one attached hydrogen (secondary N) is 3. The predicted octanol–water partition coefficient (Wildman–Crippen LogP) is 3.57. The van der Waals surface area contributed by atoms with Crippen LogP contribution in [0.15, 0.2) is 60.0 Å². The largest absolute Gasteiger partial charge is 0.508 e. The lowest BCUT2D eigenvalue weighted by Crippen LogP contribution is -2.25. The molecule has 138 valence electrons. The second-order valence-corrected chi connectivity index (χ2v) is 6.83. The minimum Gasteiger partial charge on any atom is -0.508 e. The number of amides is 1. The van der Waals surface area contributed by atoms with E-state index in [0.717, 1.165) is 16.1 Å². The van der Waals surface area contributed by atoms with E-state index in [-0.39, 0.29) is 17.1 Å². The van der Waals surface area contributed by atoms with Crippen LogP contribution in [0.2, 0.25) is 0 Å². The van der Waals surface area contributed by atoms with E-state index in [1.165, 1.54) is 29.5 Å². The molecule has 0 aliphatic rings. The third-order valence-corrected chi connectivity index (χ3v) is 4.80. The second-order valence-electron chi connectivity index (χ2n) is 5.88. The number of rotatable bonds is 6. The van der Waals surface area contributed by atoms with Gasteiger partial charge in [-0.25, -0.2) is 0 Å². The molecule has 0 saturated carbocycles. The van der Waals surface area contributed by atoms with E-state index in [4.69, 9.17) is 5.41 Å². The number of hydrogen-bond acceptors (Lipinski definition) is 5. The maximum absolute atomic E-state index is 12.1. The number of phenolic OH excluding ortho intramolecular Hbond substituents is 2. The van der Waals surface area contributed by atoms with Gasteiger partial charge in [0.2, 0.25) is 0 Å². The molecule has 2 aromatic carbocycles. The van der Waals surface area contributed by atoms with Crippen LogP contribution in [0.4, 0.5) is 5.69 Å². The number of thiophene rings is 1. The molecule has 1 amide bonds. The van der Waals surface area contributed by atoms with Crippen molar-refractivity contribution in [2.24, 2.45) is 0 Å². The van der Waals surface area contributed by atoms with Gasteiger partial charge in [0, 0.05) is 12.2 Å². The first-order chi connectivity index (χ1) is 13.0. The van der Waals surface area contributed by atoms with Crippen LogP contribution in [0.1, 0.15) is 20.8 Å². The average molecular weight is 381 g/mol. The summed E-state index contributed by atoms with van der Waals surface area (Å²) in [7, 11) is 0. The van der Waals surface area contributed by atoms with Crippen molar-refractivity contribution in [3.63, 3.8) is 0 Å². The van der Waals surface area contributed by atoms with Gasteiger partial charge in [-0.15, -0.1) is 11.3 Å². The molecule has 5 N–H and O–H groups in total. The molecule has 1 aromatic heterocycles. The fourth-order valence-corrected chi connectivity index (χ4v) is 3.13. The number of phenols is 2. The van der Waals surface area contributed by atoms with Gasteiger partial charge in [-0.2, -0.15) is 0 Å². The Hall–Kier alpha value is -3.32. The molecule has 0 aliphatic heterocycles. The van der Waals surface area contributed by atoms with Crippen LogP contribution < -0.4 is 10.6 Å². The fraction of sp³-hybridized carbons (Fsp3) is 0.100. The highest BCUT2D eigenvalue weighted by molar-refractivity contribution is 7.12. The van der Waals surface area contributed by atoms with Gasteiger partial charge in [-0.3, -0.25) is 10.2 Å². The van der Waals surface area contributed by atoms with E-state index in [2.05, 4.69) is 10.6 Å². The Balaban J connectivity index is 1.51. The molecule has 0 saturated heterocycles. The van der Waals surface area contributed by atoms with Gasteiger partial charge in [-0.05, 0) is 53.8 Å². The van der Waals surface area contributed by atoms with Crippen molar-refractivity contribution in [1.82, 2.24) is 5.32 Å². The molecule has 3 rings (SSSR count). The minimum absolute atomic E-state index is 0.0432. The van der Waals surface area contributed by atoms with Crippen LogP contribution in [-0.2, 0) is 6.42 Å². The summed E-state index contributed by atoms with van der Waals surface area (Å²) in [6, 6.07) is 15.3. The summed E-state index contributed by atoms with van der Waals surface area (Å²) in [5.41, 5.74) is 1.90. The first-order valence-corrected chi connectivity index (χ1v) is 9.19. The number of carbonyl (C=O) groups excluding carboxylic acids is 1. The van der Waals surface area contributed by atoms with Crippen molar-refractivity contribution in [3.8, 4) is 11.5 Å². The van der Waals surface area contributed by atoms with E-state index in [9.17, 15) is 15.0 Å². The monoisotopic (exact) mass is 381 g/mol. The minimum atomic E-state index is -0.439. The van der Waals surface area contributed by atoms with Crippen molar-refractivity contribution in [2.45, 2.75) is 6.42 Å². The van der Waals surface area contributed by atoms with Crippen LogP contribution in [0.3, 0.4) is 0 Å². The van der Waals surface area contributed by atoms with Gasteiger partial charge in [0.1, 0.15) is 17.3 Å². The molecule has 6 nitrogen and oxygen atoms in total. The maximum atomic E-state index is 12.1. The highest BCUT2D eigenvalue weighted by Crippen LogP contribution is 2.21. The zero-order chi connectivity index (χ0) is 19.2. The van der Waals surface area contributed by atoms with Gasteiger partial charge in [-0.1, -0.05) is 18.2 Å². The predicted molar refractivity (Wildman–Crippen MR) is 107 cm³/mol. The molecular formula is C20H19N3O3S. The van der Waals surface area contributed by atoms with Crippen LogP contribution in [0.5, 0.6) is 11.5 Å². The van der Waals surface area contributed by atoms with Crippen molar-refractivity contribution < 1.29 is 15.0 Å². The molecule has 7 heteroatoms. The van der Waals surface area contributed by atoms with Crippen LogP contribution >= 0.6 is 11.3 Å². The molecule has 0 bridgehead atoms. The third-order valence-electron chi connectivity index (χ3n) is 3.91. The number of hydrogen-bond donors (Lipinski definition) is 5. The normalized spacial score (nSPS) is 10.4. The molecule has 0 aliphatic carbocycles. The Bertz CT molecular complexity index is 938. The molecule has 3 aromatic rings. The number of anilines is 1. The van der Waals surface area contributed by atoms with E-state index in [0.29, 0.717) is 18.8 Å². The lowest BCUT2D eigenvalue weighted by atomic mass is 10.1. The Morgan fingerprint density at radius 1 is 1.07 bits per heavy atom. The number of carbonyl (C=O) groups is 1. The number of aromatic hydroxyl groups is 2. The van der Waals surface area contributed by atoms with Gasteiger partial charge in [0.25, 0.3) is 5.91 Å². The molecule has 0 spiro atoms. The highest BCUT2D eigenvalue weighted by atomic mass is 32.1. The average Bonchev–Trinajstić information content (AvgIpc) is 3.20. The van der Waals surface area contributed by atoms with Crippen molar-refractivity contribution in [1.29, 1.82) is 5.41 Å². The Kier molecular flexibility index (Phi) is 5.73. The molecule has 0 unspecified atom stereocenters. The topological polar surface area (TPSA) is 105 Å². The van der Waals surface area contributed by atoms with E-state index in [1.54, 1.807) is 0 Å². The molecular weight excluding hydrogens is 362 g/mol. The first-order valence-electron chi connectivity index (χ1n) is 8.31. The summed E-state index contributed by atoms with van der Waals surface area (Å²) in [6.45, 7) is 0.395. The SMILES string of the molecule is N=C(Nc1ccc(CCNC(=O)c2cc(O)ccc2O)cc1)c1cccs1. The molecule has 0 radical (unpaired) electrons.